The summed E-state index contributed by atoms with van der Waals surface area (Å²) < 4.78 is 0. The van der Waals surface area contributed by atoms with E-state index >= 15 is 0 Å². The lowest BCUT2D eigenvalue weighted by atomic mass is 10.0. The predicted octanol–water partition coefficient (Wildman–Crippen LogP) is 3.24. The molecule has 3 nitrogen and oxygen atoms in total. The molecule has 0 heterocycles. The zero-order valence-corrected chi connectivity index (χ0v) is 11.4. The first kappa shape index (κ1) is 14.5. The molecule has 0 aliphatic rings. The van der Waals surface area contributed by atoms with E-state index in [1.807, 2.05) is 25.1 Å². The van der Waals surface area contributed by atoms with Crippen LogP contribution in [0.1, 0.15) is 25.3 Å². The van der Waals surface area contributed by atoms with Crippen molar-refractivity contribution in [2.45, 2.75) is 26.3 Å². The highest BCUT2D eigenvalue weighted by Gasteiger charge is 2.20. The highest BCUT2D eigenvalue weighted by molar-refractivity contribution is 6.30. The smallest absolute Gasteiger partial charge is 0.239 e. The molecule has 1 aromatic carbocycles. The monoisotopic (exact) mass is 264 g/mol. The molecule has 1 amide bonds. The van der Waals surface area contributed by atoms with Gasteiger partial charge >= 0.3 is 0 Å². The Labute approximate surface area is 113 Å². The van der Waals surface area contributed by atoms with Gasteiger partial charge in [-0.1, -0.05) is 37.1 Å². The second kappa shape index (κ2) is 7.03. The summed E-state index contributed by atoms with van der Waals surface area (Å²) in [6.07, 6.45) is 1.43. The molecular formula is C14H17ClN2O. The van der Waals surface area contributed by atoms with Crippen molar-refractivity contribution < 1.29 is 4.79 Å². The van der Waals surface area contributed by atoms with Crippen molar-refractivity contribution >= 4 is 17.5 Å². The Morgan fingerprint density at radius 3 is 2.83 bits per heavy atom. The fourth-order valence-corrected chi connectivity index (χ4v) is 2.00. The molecule has 0 aromatic heterocycles. The second-order valence-corrected chi connectivity index (χ2v) is 4.73. The molecule has 1 aromatic rings. The number of benzene rings is 1. The standard InChI is InChI=1S/C14H17ClN2O/c1-3-5-12(9-16)14(18)17(2)10-11-6-4-7-13(15)8-11/h4,6-8,12H,3,5,10H2,1-2H3. The van der Waals surface area contributed by atoms with Crippen LogP contribution in [0.5, 0.6) is 0 Å². The lowest BCUT2D eigenvalue weighted by molar-refractivity contribution is -0.133. The van der Waals surface area contributed by atoms with E-state index in [4.69, 9.17) is 16.9 Å². The van der Waals surface area contributed by atoms with E-state index in [2.05, 4.69) is 6.07 Å². The van der Waals surface area contributed by atoms with Crippen LogP contribution in [0.4, 0.5) is 0 Å². The van der Waals surface area contributed by atoms with Crippen LogP contribution in [0.25, 0.3) is 0 Å². The minimum atomic E-state index is -0.542. The van der Waals surface area contributed by atoms with Gasteiger partial charge in [0, 0.05) is 18.6 Å². The van der Waals surface area contributed by atoms with E-state index < -0.39 is 5.92 Å². The molecule has 0 fully saturated rings. The predicted molar refractivity (Wildman–Crippen MR) is 71.9 cm³/mol. The molecule has 96 valence electrons. The van der Waals surface area contributed by atoms with Gasteiger partial charge in [0.1, 0.15) is 5.92 Å². The lowest BCUT2D eigenvalue weighted by Crippen LogP contribution is -2.31. The van der Waals surface area contributed by atoms with Gasteiger partial charge in [-0.25, -0.2) is 0 Å². The number of hydrogen-bond donors (Lipinski definition) is 0. The first-order chi connectivity index (χ1) is 8.58. The van der Waals surface area contributed by atoms with Gasteiger partial charge in [0.05, 0.1) is 6.07 Å². The van der Waals surface area contributed by atoms with Crippen molar-refractivity contribution in [3.8, 4) is 6.07 Å². The highest BCUT2D eigenvalue weighted by atomic mass is 35.5. The van der Waals surface area contributed by atoms with Gasteiger partial charge < -0.3 is 4.90 Å². The molecule has 0 N–H and O–H groups in total. The van der Waals surface area contributed by atoms with Gasteiger partial charge in [-0.15, -0.1) is 0 Å². The molecule has 0 saturated heterocycles. The molecule has 0 aliphatic carbocycles. The molecule has 4 heteroatoms. The SMILES string of the molecule is CCCC(C#N)C(=O)N(C)Cc1cccc(Cl)c1. The zero-order chi connectivity index (χ0) is 13.5. The summed E-state index contributed by atoms with van der Waals surface area (Å²) >= 11 is 5.89. The topological polar surface area (TPSA) is 44.1 Å². The van der Waals surface area contributed by atoms with E-state index in [0.29, 0.717) is 18.0 Å². The Bertz CT molecular complexity index is 453. The number of nitriles is 1. The number of carbonyl (C=O) groups excluding carboxylic acids is 1. The van der Waals surface area contributed by atoms with E-state index in [1.165, 1.54) is 0 Å². The fraction of sp³-hybridized carbons (Fsp3) is 0.429. The van der Waals surface area contributed by atoms with Gasteiger partial charge in [0.2, 0.25) is 5.91 Å². The molecule has 0 aliphatic heterocycles. The van der Waals surface area contributed by atoms with Crippen LogP contribution >= 0.6 is 11.6 Å². The van der Waals surface area contributed by atoms with E-state index in [1.54, 1.807) is 18.0 Å². The first-order valence-corrected chi connectivity index (χ1v) is 6.35. The normalized spacial score (nSPS) is 11.7. The maximum Gasteiger partial charge on any atom is 0.239 e. The lowest BCUT2D eigenvalue weighted by Gasteiger charge is -2.20. The minimum absolute atomic E-state index is 0.126. The van der Waals surface area contributed by atoms with Crippen molar-refractivity contribution in [1.29, 1.82) is 5.26 Å². The van der Waals surface area contributed by atoms with Gasteiger partial charge in [0.15, 0.2) is 0 Å². The number of rotatable bonds is 5. The van der Waals surface area contributed by atoms with Crippen LogP contribution in [0, 0.1) is 17.2 Å². The average molecular weight is 265 g/mol. The molecular weight excluding hydrogens is 248 g/mol. The van der Waals surface area contributed by atoms with Crippen molar-refractivity contribution in [2.24, 2.45) is 5.92 Å². The van der Waals surface area contributed by atoms with E-state index in [9.17, 15) is 4.79 Å². The Morgan fingerprint density at radius 1 is 1.56 bits per heavy atom. The van der Waals surface area contributed by atoms with Crippen molar-refractivity contribution in [3.05, 3.63) is 34.9 Å². The molecule has 1 rings (SSSR count). The maximum absolute atomic E-state index is 12.0. The van der Waals surface area contributed by atoms with Crippen LogP contribution in [0.2, 0.25) is 5.02 Å². The molecule has 0 bridgehead atoms. The second-order valence-electron chi connectivity index (χ2n) is 4.29. The molecule has 1 unspecified atom stereocenters. The minimum Gasteiger partial charge on any atom is -0.340 e. The number of carbonyl (C=O) groups is 1. The summed E-state index contributed by atoms with van der Waals surface area (Å²) in [5, 5.41) is 9.62. The van der Waals surface area contributed by atoms with Crippen LogP contribution in [0.3, 0.4) is 0 Å². The molecule has 18 heavy (non-hydrogen) atoms. The van der Waals surface area contributed by atoms with Crippen molar-refractivity contribution in [1.82, 2.24) is 4.90 Å². The fourth-order valence-electron chi connectivity index (χ4n) is 1.79. The van der Waals surface area contributed by atoms with Gasteiger partial charge in [-0.2, -0.15) is 5.26 Å². The third-order valence-electron chi connectivity index (χ3n) is 2.72. The summed E-state index contributed by atoms with van der Waals surface area (Å²) in [5.74, 6) is -0.668. The summed E-state index contributed by atoms with van der Waals surface area (Å²) in [4.78, 5) is 13.6. The van der Waals surface area contributed by atoms with Gasteiger partial charge in [-0.3, -0.25) is 4.79 Å². The average Bonchev–Trinajstić information content (AvgIpc) is 2.35. The van der Waals surface area contributed by atoms with Gasteiger partial charge in [0.25, 0.3) is 0 Å². The molecule has 0 saturated carbocycles. The first-order valence-electron chi connectivity index (χ1n) is 5.97. The Morgan fingerprint density at radius 2 is 2.28 bits per heavy atom. The van der Waals surface area contributed by atoms with Crippen LogP contribution < -0.4 is 0 Å². The Hall–Kier alpha value is -1.53. The van der Waals surface area contributed by atoms with E-state index in [0.717, 1.165) is 12.0 Å². The molecule has 1 atom stereocenters. The number of hydrogen-bond acceptors (Lipinski definition) is 2. The largest absolute Gasteiger partial charge is 0.340 e. The van der Waals surface area contributed by atoms with Crippen LogP contribution in [0.15, 0.2) is 24.3 Å². The zero-order valence-electron chi connectivity index (χ0n) is 10.7. The quantitative estimate of drug-likeness (QED) is 0.819. The summed E-state index contributed by atoms with van der Waals surface area (Å²) in [6, 6.07) is 9.45. The molecule has 0 radical (unpaired) electrons. The summed E-state index contributed by atoms with van der Waals surface area (Å²) in [5.41, 5.74) is 0.964. The third-order valence-corrected chi connectivity index (χ3v) is 2.95. The summed E-state index contributed by atoms with van der Waals surface area (Å²) in [6.45, 7) is 2.44. The van der Waals surface area contributed by atoms with Crippen LogP contribution in [-0.2, 0) is 11.3 Å². The van der Waals surface area contributed by atoms with Crippen molar-refractivity contribution in [2.75, 3.05) is 7.05 Å². The Balaban J connectivity index is 2.68. The van der Waals surface area contributed by atoms with E-state index in [-0.39, 0.29) is 5.91 Å². The van der Waals surface area contributed by atoms with Crippen molar-refractivity contribution in [3.63, 3.8) is 0 Å². The third kappa shape index (κ3) is 4.05. The number of halogens is 1. The summed E-state index contributed by atoms with van der Waals surface area (Å²) in [7, 11) is 1.71. The van der Waals surface area contributed by atoms with Crippen LogP contribution in [-0.4, -0.2) is 17.9 Å². The Kier molecular flexibility index (Phi) is 5.67. The number of nitrogens with zero attached hydrogens (tertiary/aromatic N) is 2. The highest BCUT2D eigenvalue weighted by Crippen LogP contribution is 2.14. The molecule has 0 spiro atoms. The van der Waals surface area contributed by atoms with Gasteiger partial charge in [-0.05, 0) is 24.1 Å². The maximum atomic E-state index is 12.0. The number of amides is 1.